The predicted octanol–water partition coefficient (Wildman–Crippen LogP) is 4.03. The van der Waals surface area contributed by atoms with E-state index in [1.807, 2.05) is 78.9 Å². The van der Waals surface area contributed by atoms with Gasteiger partial charge in [0.1, 0.15) is 32.6 Å². The summed E-state index contributed by atoms with van der Waals surface area (Å²) in [6.07, 6.45) is 1.11. The Hall–Kier alpha value is -6.31. The van der Waals surface area contributed by atoms with Crippen LogP contribution in [0.5, 0.6) is 0 Å². The van der Waals surface area contributed by atoms with E-state index in [4.69, 9.17) is 9.47 Å². The average Bonchev–Trinajstić information content (AvgIpc) is 3.65. The first-order valence-corrected chi connectivity index (χ1v) is 15.1. The number of fused-ring (bicyclic) bond motifs is 4. The Morgan fingerprint density at radius 2 is 1.52 bits per heavy atom. The molecule has 1 aliphatic rings. The first-order valence-electron chi connectivity index (χ1n) is 15.1. The van der Waals surface area contributed by atoms with E-state index in [1.165, 1.54) is 17.2 Å². The topological polar surface area (TPSA) is 178 Å². The van der Waals surface area contributed by atoms with Crippen molar-refractivity contribution >= 4 is 41.0 Å². The van der Waals surface area contributed by atoms with E-state index in [0.717, 1.165) is 32.7 Å². The number of amides is 3. The fraction of sp³-hybridized carbons (Fsp3) is 0.206. The Morgan fingerprint density at radius 3 is 2.23 bits per heavy atom. The highest BCUT2D eigenvalue weighted by Gasteiger charge is 2.29. The van der Waals surface area contributed by atoms with Crippen LogP contribution in [0.1, 0.15) is 22.6 Å². The summed E-state index contributed by atoms with van der Waals surface area (Å²) in [5, 5.41) is 14.6. The average molecular weight is 650 g/mol. The van der Waals surface area contributed by atoms with Crippen molar-refractivity contribution in [2.75, 3.05) is 31.6 Å². The number of benzene rings is 3. The molecule has 0 bridgehead atoms. The van der Waals surface area contributed by atoms with E-state index in [-0.39, 0.29) is 55.7 Å². The van der Waals surface area contributed by atoms with Crippen molar-refractivity contribution in [2.24, 2.45) is 0 Å². The predicted molar refractivity (Wildman–Crippen MR) is 173 cm³/mol. The monoisotopic (exact) mass is 649 g/mol. The van der Waals surface area contributed by atoms with Gasteiger partial charge in [-0.2, -0.15) is 0 Å². The fourth-order valence-electron chi connectivity index (χ4n) is 5.59. The van der Waals surface area contributed by atoms with Crippen LogP contribution >= 0.6 is 0 Å². The third-order valence-corrected chi connectivity index (χ3v) is 7.81. The second kappa shape index (κ2) is 14.4. The zero-order valence-electron chi connectivity index (χ0n) is 25.6. The molecule has 244 valence electrons. The molecule has 6 rings (SSSR count). The minimum absolute atomic E-state index is 0.0400. The second-order valence-corrected chi connectivity index (χ2v) is 10.9. The van der Waals surface area contributed by atoms with Crippen molar-refractivity contribution in [1.29, 1.82) is 0 Å². The maximum Gasteiger partial charge on any atom is 0.413 e. The van der Waals surface area contributed by atoms with Crippen molar-refractivity contribution in [3.63, 3.8) is 0 Å². The Morgan fingerprint density at radius 1 is 0.833 bits per heavy atom. The van der Waals surface area contributed by atoms with Crippen molar-refractivity contribution in [3.8, 4) is 11.1 Å². The molecule has 3 aromatic carbocycles. The first-order chi connectivity index (χ1) is 23.4. The lowest BCUT2D eigenvalue weighted by atomic mass is 9.98. The van der Waals surface area contributed by atoms with Crippen molar-refractivity contribution in [3.05, 3.63) is 108 Å². The van der Waals surface area contributed by atoms with Crippen molar-refractivity contribution < 1.29 is 33.8 Å². The zero-order valence-corrected chi connectivity index (χ0v) is 25.6. The van der Waals surface area contributed by atoms with Gasteiger partial charge in [0.15, 0.2) is 17.0 Å². The number of carboxylic acids is 1. The normalized spacial score (nSPS) is 11.8. The standard InChI is InChI=1S/C34H31N7O7/c42-28(16-41-21-38-30-31(36-20-37-32(30)41)39-34(46)47-18-22-8-2-1-3-9-22)40(17-29(43)44)15-14-35-33(45)48-19-27-25-12-6-4-10-23(25)24-11-5-7-13-26(24)27/h1-13,20-21,27H,14-19H2,(H,35,45)(H,43,44)(H,36,37,39,46). The summed E-state index contributed by atoms with van der Waals surface area (Å²) in [6, 6.07) is 25.1. The van der Waals surface area contributed by atoms with Gasteiger partial charge in [-0.3, -0.25) is 14.9 Å². The summed E-state index contributed by atoms with van der Waals surface area (Å²) in [5.74, 6) is -1.80. The van der Waals surface area contributed by atoms with E-state index in [2.05, 4.69) is 25.6 Å². The van der Waals surface area contributed by atoms with E-state index < -0.39 is 30.6 Å². The Kier molecular flexibility index (Phi) is 9.51. The highest BCUT2D eigenvalue weighted by Crippen LogP contribution is 2.44. The summed E-state index contributed by atoms with van der Waals surface area (Å²) in [6.45, 7) is -0.844. The quantitative estimate of drug-likeness (QED) is 0.179. The number of carbonyl (C=O) groups excluding carboxylic acids is 3. The molecule has 0 saturated heterocycles. The number of nitrogens with zero attached hydrogens (tertiary/aromatic N) is 5. The van der Waals surface area contributed by atoms with Crippen LogP contribution < -0.4 is 10.6 Å². The molecule has 14 nitrogen and oxygen atoms in total. The van der Waals surface area contributed by atoms with Crippen LogP contribution in [0.25, 0.3) is 22.3 Å². The largest absolute Gasteiger partial charge is 0.480 e. The molecule has 2 heterocycles. The Labute approximate surface area is 274 Å². The summed E-state index contributed by atoms with van der Waals surface area (Å²) in [7, 11) is 0. The molecule has 0 spiro atoms. The molecule has 1 aliphatic carbocycles. The van der Waals surface area contributed by atoms with Gasteiger partial charge in [0.2, 0.25) is 5.91 Å². The van der Waals surface area contributed by atoms with Crippen LogP contribution in [0.3, 0.4) is 0 Å². The maximum atomic E-state index is 13.2. The van der Waals surface area contributed by atoms with E-state index >= 15 is 0 Å². The lowest BCUT2D eigenvalue weighted by Crippen LogP contribution is -2.42. The van der Waals surface area contributed by atoms with Crippen LogP contribution in [0.4, 0.5) is 15.4 Å². The van der Waals surface area contributed by atoms with Crippen LogP contribution in [-0.4, -0.2) is 79.8 Å². The van der Waals surface area contributed by atoms with Crippen molar-refractivity contribution in [1.82, 2.24) is 29.7 Å². The van der Waals surface area contributed by atoms with Crippen LogP contribution in [0.2, 0.25) is 0 Å². The molecule has 0 radical (unpaired) electrons. The summed E-state index contributed by atoms with van der Waals surface area (Å²) in [4.78, 5) is 63.3. The molecule has 5 aromatic rings. The van der Waals surface area contributed by atoms with Gasteiger partial charge in [0.25, 0.3) is 0 Å². The smallest absolute Gasteiger partial charge is 0.413 e. The number of imidazole rings is 1. The third-order valence-electron chi connectivity index (χ3n) is 7.81. The van der Waals surface area contributed by atoms with Gasteiger partial charge in [0, 0.05) is 19.0 Å². The Balaban J connectivity index is 1.03. The molecule has 3 N–H and O–H groups in total. The number of rotatable bonds is 12. The minimum Gasteiger partial charge on any atom is -0.480 e. The number of anilines is 1. The lowest BCUT2D eigenvalue weighted by Gasteiger charge is -2.21. The van der Waals surface area contributed by atoms with Gasteiger partial charge in [-0.05, 0) is 27.8 Å². The fourth-order valence-corrected chi connectivity index (χ4v) is 5.59. The van der Waals surface area contributed by atoms with Crippen LogP contribution in [-0.2, 0) is 32.2 Å². The Bertz CT molecular complexity index is 1920. The number of aromatic nitrogens is 4. The van der Waals surface area contributed by atoms with Gasteiger partial charge in [-0.25, -0.2) is 24.5 Å². The molecule has 0 aliphatic heterocycles. The van der Waals surface area contributed by atoms with Crippen LogP contribution in [0.15, 0.2) is 91.5 Å². The zero-order chi connectivity index (χ0) is 33.5. The number of aliphatic carboxylic acids is 1. The summed E-state index contributed by atoms with van der Waals surface area (Å²) >= 11 is 0. The number of hydrogen-bond acceptors (Lipinski definition) is 9. The van der Waals surface area contributed by atoms with E-state index in [9.17, 15) is 24.3 Å². The van der Waals surface area contributed by atoms with Gasteiger partial charge >= 0.3 is 18.2 Å². The molecule has 0 fully saturated rings. The van der Waals surface area contributed by atoms with Gasteiger partial charge in [-0.15, -0.1) is 0 Å². The number of alkyl carbamates (subject to hydrolysis) is 1. The third kappa shape index (κ3) is 7.22. The first kappa shape index (κ1) is 31.7. The second-order valence-electron chi connectivity index (χ2n) is 10.9. The SMILES string of the molecule is O=C(O)CN(CCNC(=O)OCC1c2ccccc2-c2ccccc21)C(=O)Cn1cnc2c(NC(=O)OCc3ccccc3)ncnc21. The molecular weight excluding hydrogens is 618 g/mol. The van der Waals surface area contributed by atoms with Gasteiger partial charge in [-0.1, -0.05) is 78.9 Å². The number of carboxylic acid groups (broad SMARTS) is 1. The summed E-state index contributed by atoms with van der Waals surface area (Å²) in [5.41, 5.74) is 5.63. The highest BCUT2D eigenvalue weighted by molar-refractivity contribution is 5.93. The number of carbonyl (C=O) groups is 4. The number of hydrogen-bond donors (Lipinski definition) is 3. The molecule has 2 aromatic heterocycles. The van der Waals surface area contributed by atoms with Gasteiger partial charge < -0.3 is 29.4 Å². The molecular formula is C34H31N7O7. The summed E-state index contributed by atoms with van der Waals surface area (Å²) < 4.78 is 12.2. The molecule has 14 heteroatoms. The number of ether oxygens (including phenoxy) is 2. The molecule has 3 amide bonds. The minimum atomic E-state index is -1.22. The van der Waals surface area contributed by atoms with Crippen LogP contribution in [0, 0.1) is 0 Å². The molecule has 48 heavy (non-hydrogen) atoms. The van der Waals surface area contributed by atoms with Crippen molar-refractivity contribution in [2.45, 2.75) is 19.1 Å². The maximum absolute atomic E-state index is 13.2. The van der Waals surface area contributed by atoms with Gasteiger partial charge in [0.05, 0.1) is 6.33 Å². The van der Waals surface area contributed by atoms with E-state index in [1.54, 1.807) is 0 Å². The number of nitrogens with one attached hydrogen (secondary N) is 2. The lowest BCUT2D eigenvalue weighted by molar-refractivity contribution is -0.144. The molecule has 0 saturated carbocycles. The molecule has 0 atom stereocenters. The highest BCUT2D eigenvalue weighted by atomic mass is 16.6. The van der Waals surface area contributed by atoms with E-state index in [0.29, 0.717) is 0 Å². The molecule has 0 unspecified atom stereocenters.